The summed E-state index contributed by atoms with van der Waals surface area (Å²) in [6, 6.07) is 12.0. The van der Waals surface area contributed by atoms with E-state index in [2.05, 4.69) is 48.4 Å². The summed E-state index contributed by atoms with van der Waals surface area (Å²) in [5.41, 5.74) is 2.55. The molecule has 2 heterocycles. The van der Waals surface area contributed by atoms with Crippen molar-refractivity contribution in [1.82, 2.24) is 20.1 Å². The molecule has 2 aromatic carbocycles. The van der Waals surface area contributed by atoms with Crippen molar-refractivity contribution in [2.24, 2.45) is 13.0 Å². The number of fused-ring (bicyclic) bond motifs is 1. The molecular weight excluding hydrogens is 503 g/mol. The first-order chi connectivity index (χ1) is 19.1. The Kier molecular flexibility index (Phi) is 5.66. The second kappa shape index (κ2) is 8.84. The lowest BCUT2D eigenvalue weighted by molar-refractivity contribution is 0.185. The summed E-state index contributed by atoms with van der Waals surface area (Å²) in [5, 5.41) is 12.8. The van der Waals surface area contributed by atoms with Gasteiger partial charge in [-0.2, -0.15) is 0 Å². The highest BCUT2D eigenvalue weighted by Crippen LogP contribution is 2.53. The van der Waals surface area contributed by atoms with Gasteiger partial charge < -0.3 is 14.3 Å². The van der Waals surface area contributed by atoms with E-state index >= 15 is 4.39 Å². The van der Waals surface area contributed by atoms with E-state index in [4.69, 9.17) is 4.42 Å². The highest BCUT2D eigenvalue weighted by molar-refractivity contribution is 5.86. The zero-order valence-electron chi connectivity index (χ0n) is 23.8. The maximum Gasteiger partial charge on any atom is 0.200 e. The lowest BCUT2D eigenvalue weighted by atomic mass is 9.58. The van der Waals surface area contributed by atoms with Crippen LogP contribution in [0.5, 0.6) is 0 Å². The van der Waals surface area contributed by atoms with E-state index in [9.17, 15) is 4.79 Å². The first-order valence-electron chi connectivity index (χ1n) is 14.6. The minimum Gasteiger partial charge on any atom is -0.463 e. The Morgan fingerprint density at radius 1 is 1.15 bits per heavy atom. The van der Waals surface area contributed by atoms with E-state index < -0.39 is 5.67 Å². The Balaban J connectivity index is 1.33. The van der Waals surface area contributed by atoms with Crippen LogP contribution < -0.4 is 10.7 Å². The molecule has 3 saturated carbocycles. The van der Waals surface area contributed by atoms with Crippen LogP contribution in [0.2, 0.25) is 0 Å². The van der Waals surface area contributed by atoms with Gasteiger partial charge in [-0.05, 0) is 99.6 Å². The van der Waals surface area contributed by atoms with Crippen molar-refractivity contribution in [3.05, 3.63) is 81.7 Å². The third-order valence-electron chi connectivity index (χ3n) is 9.85. The Hall–Kier alpha value is -3.32. The molecular formula is C33H37FN4O2. The van der Waals surface area contributed by atoms with Gasteiger partial charge in [-0.25, -0.2) is 4.39 Å². The van der Waals surface area contributed by atoms with Crippen molar-refractivity contribution in [2.45, 2.75) is 88.4 Å². The SMILES string of the molecule is CC1CC(c2cccc(-c3coc4c(C5(F)CC5)cc(C(C)NC5(C)CCC5)cc4c3=O)c2)(c2nncn2C)C1. The molecule has 7 heteroatoms. The van der Waals surface area contributed by atoms with E-state index in [-0.39, 0.29) is 22.4 Å². The molecule has 40 heavy (non-hydrogen) atoms. The largest absolute Gasteiger partial charge is 0.463 e. The van der Waals surface area contributed by atoms with Crippen LogP contribution in [0.1, 0.15) is 94.3 Å². The van der Waals surface area contributed by atoms with Crippen LogP contribution in [0.3, 0.4) is 0 Å². The van der Waals surface area contributed by atoms with E-state index in [1.165, 1.54) is 12.7 Å². The average Bonchev–Trinajstić information content (AvgIpc) is 3.51. The number of halogens is 1. The molecule has 1 atom stereocenters. The summed E-state index contributed by atoms with van der Waals surface area (Å²) in [6.07, 6.45) is 9.61. The van der Waals surface area contributed by atoms with Gasteiger partial charge in [0.2, 0.25) is 5.43 Å². The van der Waals surface area contributed by atoms with Gasteiger partial charge in [-0.3, -0.25) is 4.79 Å². The van der Waals surface area contributed by atoms with Gasteiger partial charge in [0, 0.05) is 24.2 Å². The van der Waals surface area contributed by atoms with Crippen LogP contribution >= 0.6 is 0 Å². The number of aromatic nitrogens is 3. The Morgan fingerprint density at radius 2 is 1.93 bits per heavy atom. The Morgan fingerprint density at radius 3 is 2.55 bits per heavy atom. The number of nitrogens with zero attached hydrogens (tertiary/aromatic N) is 3. The smallest absolute Gasteiger partial charge is 0.200 e. The van der Waals surface area contributed by atoms with Crippen LogP contribution in [-0.4, -0.2) is 20.3 Å². The lowest BCUT2D eigenvalue weighted by Gasteiger charge is -2.46. The summed E-state index contributed by atoms with van der Waals surface area (Å²) >= 11 is 0. The molecule has 1 N–H and O–H groups in total. The predicted octanol–water partition coefficient (Wildman–Crippen LogP) is 6.86. The minimum atomic E-state index is -1.42. The minimum absolute atomic E-state index is 0.00552. The predicted molar refractivity (Wildman–Crippen MR) is 154 cm³/mol. The van der Waals surface area contributed by atoms with Crippen LogP contribution in [0, 0.1) is 5.92 Å². The van der Waals surface area contributed by atoms with Gasteiger partial charge in [0.25, 0.3) is 0 Å². The molecule has 4 aromatic rings. The highest BCUT2D eigenvalue weighted by Gasteiger charge is 2.49. The van der Waals surface area contributed by atoms with Gasteiger partial charge in [-0.15, -0.1) is 10.2 Å². The lowest BCUT2D eigenvalue weighted by Crippen LogP contribution is -2.49. The van der Waals surface area contributed by atoms with Gasteiger partial charge in [0.15, 0.2) is 0 Å². The van der Waals surface area contributed by atoms with E-state index in [0.717, 1.165) is 48.2 Å². The monoisotopic (exact) mass is 540 g/mol. The second-order valence-corrected chi connectivity index (χ2v) is 13.1. The number of nitrogens with one attached hydrogen (secondary N) is 1. The van der Waals surface area contributed by atoms with E-state index in [1.807, 2.05) is 35.9 Å². The van der Waals surface area contributed by atoms with Crippen molar-refractivity contribution in [2.75, 3.05) is 0 Å². The number of aryl methyl sites for hydroxylation is 1. The normalized spacial score (nSPS) is 25.3. The Labute approximate surface area is 234 Å². The fourth-order valence-electron chi connectivity index (χ4n) is 7.26. The van der Waals surface area contributed by atoms with Gasteiger partial charge in [0.05, 0.1) is 16.4 Å². The average molecular weight is 541 g/mol. The molecule has 1 unspecified atom stereocenters. The molecule has 0 amide bonds. The maximum absolute atomic E-state index is 15.6. The molecule has 0 saturated heterocycles. The summed E-state index contributed by atoms with van der Waals surface area (Å²) in [6.45, 7) is 6.60. The molecule has 3 aliphatic carbocycles. The van der Waals surface area contributed by atoms with Crippen LogP contribution in [0.15, 0.2) is 58.2 Å². The Bertz CT molecular complexity index is 1670. The fraction of sp³-hybridized carbons (Fsp3) is 0.485. The molecule has 0 aliphatic heterocycles. The second-order valence-electron chi connectivity index (χ2n) is 13.1. The van der Waals surface area contributed by atoms with Gasteiger partial charge in [0.1, 0.15) is 29.7 Å². The number of benzene rings is 2. The summed E-state index contributed by atoms with van der Waals surface area (Å²) in [4.78, 5) is 14.1. The number of hydrogen-bond donors (Lipinski definition) is 1. The van der Waals surface area contributed by atoms with Gasteiger partial charge in [-0.1, -0.05) is 25.1 Å². The van der Waals surface area contributed by atoms with Crippen LogP contribution in [-0.2, 0) is 18.1 Å². The van der Waals surface area contributed by atoms with Crippen molar-refractivity contribution >= 4 is 11.0 Å². The van der Waals surface area contributed by atoms with Crippen LogP contribution in [0.25, 0.3) is 22.1 Å². The third-order valence-corrected chi connectivity index (χ3v) is 9.85. The van der Waals surface area contributed by atoms with Crippen molar-refractivity contribution in [3.8, 4) is 11.1 Å². The topological polar surface area (TPSA) is 73.0 Å². The molecule has 0 radical (unpaired) electrons. The zero-order chi connectivity index (χ0) is 27.9. The first kappa shape index (κ1) is 25.6. The number of rotatable bonds is 7. The standard InChI is InChI=1S/C33H37FN4O2/c1-20-16-32(17-20,30-37-35-19-38(30)4)24-8-5-7-22(13-24)26-18-40-29-25(28(26)39)14-23(15-27(29)33(34)11-12-33)21(2)36-31(3)9-6-10-31/h5,7-8,13-15,18-21,36H,6,9-12,16-17H2,1-4H3. The van der Waals surface area contributed by atoms with Crippen molar-refractivity contribution in [1.29, 1.82) is 0 Å². The zero-order valence-corrected chi connectivity index (χ0v) is 23.8. The first-order valence-corrected chi connectivity index (χ1v) is 14.6. The molecule has 208 valence electrons. The molecule has 2 aromatic heterocycles. The van der Waals surface area contributed by atoms with Crippen LogP contribution in [0.4, 0.5) is 4.39 Å². The molecule has 0 spiro atoms. The number of hydrogen-bond acceptors (Lipinski definition) is 5. The van der Waals surface area contributed by atoms with Gasteiger partial charge >= 0.3 is 0 Å². The highest BCUT2D eigenvalue weighted by atomic mass is 19.1. The molecule has 7 rings (SSSR count). The van der Waals surface area contributed by atoms with Crippen molar-refractivity contribution in [3.63, 3.8) is 0 Å². The maximum atomic E-state index is 15.6. The van der Waals surface area contributed by atoms with Crippen molar-refractivity contribution < 1.29 is 8.81 Å². The molecule has 0 bridgehead atoms. The van der Waals surface area contributed by atoms with E-state index in [1.54, 1.807) is 6.33 Å². The van der Waals surface area contributed by atoms with E-state index in [0.29, 0.717) is 40.9 Å². The molecule has 3 aliphatic rings. The summed E-state index contributed by atoms with van der Waals surface area (Å²) in [7, 11) is 1.98. The summed E-state index contributed by atoms with van der Waals surface area (Å²) < 4.78 is 23.7. The molecule has 3 fully saturated rings. The quantitative estimate of drug-likeness (QED) is 0.277. The molecule has 6 nitrogen and oxygen atoms in total. The fourth-order valence-corrected chi connectivity index (χ4v) is 7.26. The number of alkyl halides is 1. The summed E-state index contributed by atoms with van der Waals surface area (Å²) in [5.74, 6) is 1.53. The third kappa shape index (κ3) is 3.96.